The normalized spacial score (nSPS) is 17.1. The lowest BCUT2D eigenvalue weighted by atomic mass is 9.84. The van der Waals surface area contributed by atoms with E-state index in [9.17, 15) is 36.7 Å². The Kier molecular flexibility index (Phi) is 27.9. The predicted octanol–water partition coefficient (Wildman–Crippen LogP) is 11.0. The van der Waals surface area contributed by atoms with Crippen molar-refractivity contribution in [1.29, 1.82) is 0 Å². The summed E-state index contributed by atoms with van der Waals surface area (Å²) in [5, 5.41) is 21.1. The number of amides is 1. The van der Waals surface area contributed by atoms with Crippen LogP contribution >= 0.6 is 56.7 Å². The van der Waals surface area contributed by atoms with Crippen molar-refractivity contribution in [3.63, 3.8) is 0 Å². The molecule has 36 heteroatoms. The summed E-state index contributed by atoms with van der Waals surface area (Å²) < 4.78 is 86.1. The number of piperazine rings is 1. The highest BCUT2D eigenvalue weighted by atomic mass is 35.5. The van der Waals surface area contributed by atoms with E-state index in [-0.39, 0.29) is 50.6 Å². The topological polar surface area (TPSA) is 368 Å². The van der Waals surface area contributed by atoms with Gasteiger partial charge in [0.05, 0.1) is 92.0 Å². The van der Waals surface area contributed by atoms with Gasteiger partial charge in [-0.15, -0.1) is 0 Å². The maximum atomic E-state index is 13.0. The van der Waals surface area contributed by atoms with Crippen molar-refractivity contribution in [3.05, 3.63) is 142 Å². The molecule has 4 aliphatic rings. The number of hydrogen-bond donors (Lipinski definition) is 9. The second-order valence-electron chi connectivity index (χ2n) is 26.7. The molecule has 3 aliphatic heterocycles. The highest BCUT2D eigenvalue weighted by Crippen LogP contribution is 2.42. The molecule has 0 bridgehead atoms. The van der Waals surface area contributed by atoms with Crippen LogP contribution in [-0.4, -0.2) is 201 Å². The molecule has 4 fully saturated rings. The Morgan fingerprint density at radius 2 is 1.12 bits per heavy atom. The SMILES string of the molecule is COc1cc(N2CCC(N3CCN(C)CC3)CC2)ccc1Nc1ncc(Cl)c(NCc2ccccc2P(=O)(O)O)n1.COc1cc(P(C)(C)=O)ccc1Nc1ncc(Cl)c(NC2CCCCC2C(N)=O)n1.COc1cc(S(=O)(=O)N2CCOCC2)ccc1Nc1ncc(Cl)c(Nc2ccccc2P(C)(C)=O)n1. The molecule has 29 nitrogen and oxygen atoms in total. The molecule has 2 atom stereocenters. The molecule has 0 radical (unpaired) electrons. The molecule has 1 saturated carbocycles. The van der Waals surface area contributed by atoms with Gasteiger partial charge in [0, 0.05) is 99.4 Å². The summed E-state index contributed by atoms with van der Waals surface area (Å²) in [5.41, 5.74) is 9.59. The van der Waals surface area contributed by atoms with Crippen molar-refractivity contribution in [2.75, 3.05) is 157 Å². The number of nitrogens with zero attached hydrogens (tertiary/aromatic N) is 10. The first kappa shape index (κ1) is 81.6. The predicted molar refractivity (Wildman–Crippen MR) is 426 cm³/mol. The molecule has 1 amide bonds. The lowest BCUT2D eigenvalue weighted by molar-refractivity contribution is -0.123. The molecule has 107 heavy (non-hydrogen) atoms. The first-order valence-electron chi connectivity index (χ1n) is 34.6. The van der Waals surface area contributed by atoms with E-state index in [0.717, 1.165) is 88.8 Å². The summed E-state index contributed by atoms with van der Waals surface area (Å²) in [6.07, 6.45) is 10.3. The Morgan fingerprint density at radius 3 is 1.71 bits per heavy atom. The summed E-state index contributed by atoms with van der Waals surface area (Å²) in [7, 11) is -6.25. The molecule has 12 rings (SSSR count). The smallest absolute Gasteiger partial charge is 0.356 e. The maximum Gasteiger partial charge on any atom is 0.356 e. The van der Waals surface area contributed by atoms with Crippen LogP contribution < -0.4 is 72.7 Å². The number of nitrogens with one attached hydrogen (secondary N) is 6. The number of morpholine rings is 1. The number of aromatic nitrogens is 6. The van der Waals surface area contributed by atoms with Crippen LogP contribution in [0.1, 0.15) is 44.1 Å². The van der Waals surface area contributed by atoms with Gasteiger partial charge in [0.25, 0.3) is 0 Å². The molecule has 10 N–H and O–H groups in total. The number of carbonyl (C=O) groups excluding carboxylic acids is 1. The molecular formula is C71H91Cl3N17O12P3S. The summed E-state index contributed by atoms with van der Waals surface area (Å²) in [5.74, 6) is 2.86. The van der Waals surface area contributed by atoms with Gasteiger partial charge in [-0.05, 0) is 126 Å². The molecule has 1 aliphatic carbocycles. The molecule has 6 heterocycles. The van der Waals surface area contributed by atoms with Crippen LogP contribution in [0, 0.1) is 5.92 Å². The third-order valence-corrected chi connectivity index (χ3v) is 25.4. The van der Waals surface area contributed by atoms with Crippen molar-refractivity contribution in [1.82, 2.24) is 44.0 Å². The summed E-state index contributed by atoms with van der Waals surface area (Å²) in [4.78, 5) is 64.8. The number of carbonyl (C=O) groups is 1. The molecular weight excluding hydrogens is 1510 g/mol. The number of rotatable bonds is 24. The second-order valence-corrected chi connectivity index (χ2v) is 37.8. The molecule has 8 aromatic rings. The van der Waals surface area contributed by atoms with E-state index in [4.69, 9.17) is 59.5 Å². The van der Waals surface area contributed by atoms with E-state index >= 15 is 0 Å². The standard InChI is InChI=1S/C28H37ClN7O4P.C23H27ClN5O5PS.C20H27ClN5O3P/c1-34-13-15-36(16-14-34)21-9-11-35(12-10-21)22-7-8-24(25(17-22)40-2)32-28-31-19-23(29)27(33-28)30-18-20-5-3-4-6-26(20)41(37,38)39;1-33-20-14-16(36(31,32)29-10-12-34-13-11-29)8-9-18(20)27-23-25-15-17(24)22(28-23)26-19-6-4-5-7-21(19)35(2,3)30;1-29-17-10-12(30(2,3)28)8-9-16(17)25-20-23-11-14(21)19(26-20)24-15-7-5-4-6-13(15)18(22)27/h3-8,17,19,21H,9-16,18H2,1-2H3,(H2,37,38,39)(H2,30,31,32,33);4-9,14-15H,10-13H2,1-3H3,(H2,25,26,27,28);8-11,13,15H,4-7H2,1-3H3,(H2,22,27)(H2,23,24,25,26). The molecule has 2 unspecified atom stereocenters. The minimum absolute atomic E-state index is 0.0376. The fourth-order valence-corrected chi connectivity index (χ4v) is 17.4. The van der Waals surface area contributed by atoms with E-state index in [1.165, 1.54) is 48.2 Å². The van der Waals surface area contributed by atoms with Crippen molar-refractivity contribution in [2.45, 2.75) is 62.0 Å². The van der Waals surface area contributed by atoms with Crippen molar-refractivity contribution >= 4 is 152 Å². The van der Waals surface area contributed by atoms with Crippen LogP contribution in [0.4, 0.5) is 63.7 Å². The summed E-state index contributed by atoms with van der Waals surface area (Å²) >= 11 is 18.9. The Labute approximate surface area is 638 Å². The Bertz CT molecular complexity index is 4700. The minimum Gasteiger partial charge on any atom is -0.495 e. The number of piperidine rings is 1. The van der Waals surface area contributed by atoms with E-state index in [2.05, 4.69) is 89.6 Å². The zero-order valence-electron chi connectivity index (χ0n) is 60.7. The van der Waals surface area contributed by atoms with Crippen LogP contribution in [-0.2, 0) is 39.8 Å². The molecule has 3 saturated heterocycles. The fourth-order valence-electron chi connectivity index (χ4n) is 12.7. The number of para-hydroxylation sites is 1. The number of methoxy groups -OCH3 is 3. The fraction of sp³-hybridized carbons (Fsp3) is 0.394. The number of anilines is 11. The first-order chi connectivity index (χ1) is 51.0. The monoisotopic (exact) mass is 1600 g/mol. The lowest BCUT2D eigenvalue weighted by Gasteiger charge is -2.42. The van der Waals surface area contributed by atoms with Crippen LogP contribution in [0.2, 0.25) is 15.1 Å². The second kappa shape index (κ2) is 36.5. The number of nitrogens with two attached hydrogens (primary N) is 1. The van der Waals surface area contributed by atoms with Crippen molar-refractivity contribution < 1.29 is 55.6 Å². The highest BCUT2D eigenvalue weighted by molar-refractivity contribution is 7.89. The largest absolute Gasteiger partial charge is 0.495 e. The van der Waals surface area contributed by atoms with Gasteiger partial charge in [0.15, 0.2) is 17.5 Å². The van der Waals surface area contributed by atoms with Gasteiger partial charge in [-0.2, -0.15) is 19.3 Å². The average Bonchev–Trinajstić information content (AvgIpc) is 0.790. The van der Waals surface area contributed by atoms with Crippen LogP contribution in [0.3, 0.4) is 0 Å². The third-order valence-electron chi connectivity index (χ3n) is 18.6. The number of halogens is 3. The van der Waals surface area contributed by atoms with Crippen LogP contribution in [0.25, 0.3) is 0 Å². The van der Waals surface area contributed by atoms with Crippen molar-refractivity contribution in [3.8, 4) is 17.2 Å². The summed E-state index contributed by atoms with van der Waals surface area (Å²) in [6, 6.07) is 30.1. The Balaban J connectivity index is 0.000000174. The quantitative estimate of drug-likeness (QED) is 0.0254. The lowest BCUT2D eigenvalue weighted by Crippen LogP contribution is -2.52. The zero-order chi connectivity index (χ0) is 76.8. The zero-order valence-corrected chi connectivity index (χ0v) is 66.5. The van der Waals surface area contributed by atoms with E-state index < -0.39 is 31.9 Å². The van der Waals surface area contributed by atoms with E-state index in [1.807, 2.05) is 24.3 Å². The highest BCUT2D eigenvalue weighted by Gasteiger charge is 2.33. The third kappa shape index (κ3) is 21.7. The number of likely N-dealkylation sites (N-methyl/N-ethyl adjacent to an activating group) is 1. The van der Waals surface area contributed by atoms with E-state index in [1.54, 1.807) is 95.5 Å². The van der Waals surface area contributed by atoms with Gasteiger partial charge in [-0.25, -0.2) is 23.4 Å². The van der Waals surface area contributed by atoms with Gasteiger partial charge < -0.3 is 85.3 Å². The maximum absolute atomic E-state index is 13.0. The summed E-state index contributed by atoms with van der Waals surface area (Å²) in [6.45, 7) is 14.9. The van der Waals surface area contributed by atoms with Crippen LogP contribution in [0.15, 0.2) is 127 Å². The molecule has 574 valence electrons. The Hall–Kier alpha value is -7.92. The number of primary amides is 1. The van der Waals surface area contributed by atoms with Gasteiger partial charge in [0.2, 0.25) is 33.8 Å². The number of sulfonamides is 1. The van der Waals surface area contributed by atoms with Gasteiger partial charge in [-0.1, -0.05) is 78.0 Å². The average molecular weight is 1610 g/mol. The van der Waals surface area contributed by atoms with E-state index in [0.29, 0.717) is 118 Å². The van der Waals surface area contributed by atoms with Gasteiger partial charge in [-0.3, -0.25) is 14.3 Å². The minimum atomic E-state index is -4.42. The van der Waals surface area contributed by atoms with Crippen molar-refractivity contribution in [2.24, 2.45) is 11.7 Å². The van der Waals surface area contributed by atoms with Gasteiger partial charge >= 0.3 is 7.60 Å². The molecule has 3 aromatic heterocycles. The Morgan fingerprint density at radius 1 is 0.598 bits per heavy atom. The molecule has 5 aromatic carbocycles. The van der Waals surface area contributed by atoms with Gasteiger partial charge in [0.1, 0.15) is 46.6 Å². The number of hydrogen-bond acceptors (Lipinski definition) is 25. The first-order valence-corrected chi connectivity index (χ1v) is 44.0. The number of benzene rings is 5. The number of ether oxygens (including phenoxy) is 4. The van der Waals surface area contributed by atoms with Crippen LogP contribution in [0.5, 0.6) is 17.2 Å². The molecule has 0 spiro atoms.